The average Bonchev–Trinajstić information content (AvgIpc) is 3.02. The van der Waals surface area contributed by atoms with E-state index in [1.807, 2.05) is 59.7 Å². The molecule has 0 bridgehead atoms. The fourth-order valence-corrected chi connectivity index (χ4v) is 3.48. The van der Waals surface area contributed by atoms with Crippen LogP contribution < -0.4 is 9.64 Å². The maximum absolute atomic E-state index is 12.8. The lowest BCUT2D eigenvalue weighted by atomic mass is 10.2. The van der Waals surface area contributed by atoms with Gasteiger partial charge in [0.2, 0.25) is 5.91 Å². The molecule has 0 radical (unpaired) electrons. The number of fused-ring (bicyclic) bond motifs is 1. The molecule has 4 rings (SSSR count). The number of carbonyl (C=O) groups is 1. The molecular formula is C20H23N5O2. The average molecular weight is 365 g/mol. The molecule has 140 valence electrons. The summed E-state index contributed by atoms with van der Waals surface area (Å²) in [7, 11) is 1.65. The van der Waals surface area contributed by atoms with Crippen LogP contribution in [0.2, 0.25) is 0 Å². The highest BCUT2D eigenvalue weighted by Crippen LogP contribution is 2.21. The van der Waals surface area contributed by atoms with Crippen molar-refractivity contribution in [1.82, 2.24) is 19.5 Å². The number of aromatic nitrogens is 3. The van der Waals surface area contributed by atoms with Crippen molar-refractivity contribution in [2.24, 2.45) is 0 Å². The number of ether oxygens (including phenoxy) is 1. The molecule has 1 amide bonds. The molecule has 0 saturated carbocycles. The van der Waals surface area contributed by atoms with Gasteiger partial charge in [0.25, 0.3) is 0 Å². The van der Waals surface area contributed by atoms with Crippen molar-refractivity contribution < 1.29 is 9.53 Å². The van der Waals surface area contributed by atoms with E-state index in [1.165, 1.54) is 0 Å². The van der Waals surface area contributed by atoms with E-state index in [9.17, 15) is 4.79 Å². The summed E-state index contributed by atoms with van der Waals surface area (Å²) in [5.74, 6) is 1.83. The Hall–Kier alpha value is -3.09. The molecule has 27 heavy (non-hydrogen) atoms. The van der Waals surface area contributed by atoms with Gasteiger partial charge in [0, 0.05) is 37.5 Å². The number of piperazine rings is 1. The first kappa shape index (κ1) is 17.3. The Morgan fingerprint density at radius 2 is 1.96 bits per heavy atom. The summed E-state index contributed by atoms with van der Waals surface area (Å²) in [6.07, 6.45) is 0. The summed E-state index contributed by atoms with van der Waals surface area (Å²) in [4.78, 5) is 21.3. The van der Waals surface area contributed by atoms with E-state index in [2.05, 4.69) is 15.0 Å². The molecule has 0 spiro atoms. The Kier molecular flexibility index (Phi) is 4.43. The van der Waals surface area contributed by atoms with Gasteiger partial charge in [0.05, 0.1) is 19.3 Å². The van der Waals surface area contributed by atoms with Gasteiger partial charge in [-0.25, -0.2) is 4.98 Å². The second-order valence-electron chi connectivity index (χ2n) is 6.90. The van der Waals surface area contributed by atoms with Crippen molar-refractivity contribution in [3.05, 3.63) is 53.3 Å². The minimum atomic E-state index is 0.107. The number of hydrogen-bond donors (Lipinski definition) is 0. The Labute approximate surface area is 158 Å². The summed E-state index contributed by atoms with van der Waals surface area (Å²) in [5, 5.41) is 4.53. The standard InChI is InChI=1S/C20H23N5O2/c1-14-10-19(25-18(21-14)9-15(2)22-25)23-7-8-24(20(26)13-23)12-16-5-4-6-17(11-16)27-3/h4-6,9-11H,7-8,12-13H2,1-3H3. The lowest BCUT2D eigenvalue weighted by molar-refractivity contribution is -0.131. The molecule has 3 heterocycles. The second kappa shape index (κ2) is 6.90. The third kappa shape index (κ3) is 3.45. The van der Waals surface area contributed by atoms with Crippen molar-refractivity contribution in [1.29, 1.82) is 0 Å². The second-order valence-corrected chi connectivity index (χ2v) is 6.90. The molecule has 2 aromatic heterocycles. The van der Waals surface area contributed by atoms with Crippen molar-refractivity contribution in [3.63, 3.8) is 0 Å². The molecule has 1 fully saturated rings. The predicted octanol–water partition coefficient (Wildman–Crippen LogP) is 2.20. The van der Waals surface area contributed by atoms with Crippen molar-refractivity contribution in [2.75, 3.05) is 31.6 Å². The first-order valence-electron chi connectivity index (χ1n) is 9.03. The number of methoxy groups -OCH3 is 1. The zero-order chi connectivity index (χ0) is 19.0. The van der Waals surface area contributed by atoms with E-state index >= 15 is 0 Å². The van der Waals surface area contributed by atoms with Crippen molar-refractivity contribution in [2.45, 2.75) is 20.4 Å². The van der Waals surface area contributed by atoms with Crippen LogP contribution >= 0.6 is 0 Å². The molecule has 0 unspecified atom stereocenters. The van der Waals surface area contributed by atoms with E-state index in [4.69, 9.17) is 4.74 Å². The normalized spacial score (nSPS) is 14.9. The highest BCUT2D eigenvalue weighted by Gasteiger charge is 2.26. The van der Waals surface area contributed by atoms with E-state index in [-0.39, 0.29) is 5.91 Å². The fraction of sp³-hybridized carbons (Fsp3) is 0.350. The number of amides is 1. The van der Waals surface area contributed by atoms with Gasteiger partial charge in [0.15, 0.2) is 5.65 Å². The lowest BCUT2D eigenvalue weighted by Crippen LogP contribution is -2.50. The van der Waals surface area contributed by atoms with Crippen LogP contribution in [0.1, 0.15) is 17.0 Å². The van der Waals surface area contributed by atoms with E-state index in [1.54, 1.807) is 7.11 Å². The number of benzene rings is 1. The minimum absolute atomic E-state index is 0.107. The first-order valence-corrected chi connectivity index (χ1v) is 9.03. The number of anilines is 1. The van der Waals surface area contributed by atoms with Gasteiger partial charge in [-0.2, -0.15) is 9.61 Å². The van der Waals surface area contributed by atoms with Crippen LogP contribution in [0.5, 0.6) is 5.75 Å². The monoisotopic (exact) mass is 365 g/mol. The van der Waals surface area contributed by atoms with Gasteiger partial charge in [-0.15, -0.1) is 0 Å². The summed E-state index contributed by atoms with van der Waals surface area (Å²) in [5.41, 5.74) is 3.72. The maximum atomic E-state index is 12.8. The zero-order valence-electron chi connectivity index (χ0n) is 15.8. The predicted molar refractivity (Wildman–Crippen MR) is 103 cm³/mol. The Morgan fingerprint density at radius 3 is 2.74 bits per heavy atom. The van der Waals surface area contributed by atoms with Crippen LogP contribution in [0, 0.1) is 13.8 Å². The summed E-state index contributed by atoms with van der Waals surface area (Å²) in [6.45, 7) is 6.26. The zero-order valence-corrected chi connectivity index (χ0v) is 15.8. The third-order valence-electron chi connectivity index (χ3n) is 4.81. The third-order valence-corrected chi connectivity index (χ3v) is 4.81. The van der Waals surface area contributed by atoms with Gasteiger partial charge in [-0.3, -0.25) is 4.79 Å². The Morgan fingerprint density at radius 1 is 1.11 bits per heavy atom. The molecule has 7 heteroatoms. The highest BCUT2D eigenvalue weighted by atomic mass is 16.5. The number of nitrogens with zero attached hydrogens (tertiary/aromatic N) is 5. The van der Waals surface area contributed by atoms with Crippen LogP contribution in [-0.4, -0.2) is 52.1 Å². The minimum Gasteiger partial charge on any atom is -0.497 e. The summed E-state index contributed by atoms with van der Waals surface area (Å²) in [6, 6.07) is 11.8. The molecular weight excluding hydrogens is 342 g/mol. The summed E-state index contributed by atoms with van der Waals surface area (Å²) < 4.78 is 7.10. The van der Waals surface area contributed by atoms with E-state index in [0.717, 1.165) is 40.7 Å². The van der Waals surface area contributed by atoms with Crippen LogP contribution in [-0.2, 0) is 11.3 Å². The van der Waals surface area contributed by atoms with Crippen LogP contribution in [0.3, 0.4) is 0 Å². The first-order chi connectivity index (χ1) is 13.0. The SMILES string of the molecule is COc1cccc(CN2CCN(c3cc(C)nc4cc(C)nn34)CC2=O)c1. The quantitative estimate of drug-likeness (QED) is 0.709. The molecule has 1 aromatic carbocycles. The van der Waals surface area contributed by atoms with Gasteiger partial charge in [-0.1, -0.05) is 12.1 Å². The van der Waals surface area contributed by atoms with Crippen LogP contribution in [0.4, 0.5) is 5.82 Å². The van der Waals surface area contributed by atoms with Crippen LogP contribution in [0.15, 0.2) is 36.4 Å². The molecule has 0 aliphatic carbocycles. The molecule has 0 N–H and O–H groups in total. The highest BCUT2D eigenvalue weighted by molar-refractivity contribution is 5.82. The number of aryl methyl sites for hydroxylation is 2. The number of carbonyl (C=O) groups excluding carboxylic acids is 1. The molecule has 1 aliphatic heterocycles. The number of hydrogen-bond acceptors (Lipinski definition) is 5. The van der Waals surface area contributed by atoms with Gasteiger partial charge < -0.3 is 14.5 Å². The van der Waals surface area contributed by atoms with E-state index < -0.39 is 0 Å². The molecule has 7 nitrogen and oxygen atoms in total. The Balaban J connectivity index is 1.53. The number of rotatable bonds is 4. The largest absolute Gasteiger partial charge is 0.497 e. The van der Waals surface area contributed by atoms with Gasteiger partial charge in [-0.05, 0) is 31.5 Å². The van der Waals surface area contributed by atoms with Crippen molar-refractivity contribution in [3.8, 4) is 5.75 Å². The fourth-order valence-electron chi connectivity index (χ4n) is 3.48. The smallest absolute Gasteiger partial charge is 0.242 e. The topological polar surface area (TPSA) is 63.0 Å². The molecule has 0 atom stereocenters. The van der Waals surface area contributed by atoms with Crippen LogP contribution in [0.25, 0.3) is 5.65 Å². The molecule has 1 saturated heterocycles. The molecule has 1 aliphatic rings. The summed E-state index contributed by atoms with van der Waals surface area (Å²) >= 11 is 0. The van der Waals surface area contributed by atoms with E-state index in [0.29, 0.717) is 19.6 Å². The lowest BCUT2D eigenvalue weighted by Gasteiger charge is -2.35. The van der Waals surface area contributed by atoms with Gasteiger partial charge in [0.1, 0.15) is 11.6 Å². The van der Waals surface area contributed by atoms with Crippen molar-refractivity contribution >= 4 is 17.4 Å². The van der Waals surface area contributed by atoms with Gasteiger partial charge >= 0.3 is 0 Å². The maximum Gasteiger partial charge on any atom is 0.242 e. The Bertz CT molecular complexity index is 997. The molecule has 3 aromatic rings.